The highest BCUT2D eigenvalue weighted by molar-refractivity contribution is 6.30. The van der Waals surface area contributed by atoms with Gasteiger partial charge in [-0.25, -0.2) is 0 Å². The Labute approximate surface area is 131 Å². The second kappa shape index (κ2) is 7.28. The lowest BCUT2D eigenvalue weighted by Gasteiger charge is -2.08. The lowest BCUT2D eigenvalue weighted by molar-refractivity contribution is -0.116. The molecule has 21 heavy (non-hydrogen) atoms. The smallest absolute Gasteiger partial charge is 0.224 e. The number of hydrogen-bond acceptors (Lipinski definition) is 1. The van der Waals surface area contributed by atoms with Crippen LogP contribution in [0.1, 0.15) is 37.3 Å². The van der Waals surface area contributed by atoms with Crippen LogP contribution in [-0.2, 0) is 11.2 Å². The summed E-state index contributed by atoms with van der Waals surface area (Å²) < 4.78 is 0. The molecule has 0 heterocycles. The summed E-state index contributed by atoms with van der Waals surface area (Å²) in [6.07, 6.45) is 1.21. The molecule has 0 radical (unpaired) electrons. The Morgan fingerprint density at radius 2 is 1.86 bits per heavy atom. The molecule has 0 fully saturated rings. The Morgan fingerprint density at radius 1 is 1.14 bits per heavy atom. The first-order valence-corrected chi connectivity index (χ1v) is 7.56. The first-order chi connectivity index (χ1) is 10.0. The number of rotatable bonds is 5. The Kier molecular flexibility index (Phi) is 5.40. The van der Waals surface area contributed by atoms with E-state index in [1.807, 2.05) is 12.1 Å². The third-order valence-corrected chi connectivity index (χ3v) is 3.63. The van der Waals surface area contributed by atoms with Crippen LogP contribution < -0.4 is 5.32 Å². The van der Waals surface area contributed by atoms with Gasteiger partial charge in [0.1, 0.15) is 0 Å². The summed E-state index contributed by atoms with van der Waals surface area (Å²) in [5.41, 5.74) is 3.24. The van der Waals surface area contributed by atoms with Crippen LogP contribution in [0.25, 0.3) is 0 Å². The number of halogens is 1. The van der Waals surface area contributed by atoms with Crippen LogP contribution in [0.15, 0.2) is 48.5 Å². The van der Waals surface area contributed by atoms with E-state index in [4.69, 9.17) is 11.6 Å². The zero-order valence-corrected chi connectivity index (χ0v) is 13.2. The second-order valence-corrected chi connectivity index (χ2v) is 5.89. The SMILES string of the molecule is CC(C)c1ccc(CCC(=O)Nc2cccc(Cl)c2)cc1. The van der Waals surface area contributed by atoms with Crippen molar-refractivity contribution >= 4 is 23.2 Å². The highest BCUT2D eigenvalue weighted by Crippen LogP contribution is 2.17. The van der Waals surface area contributed by atoms with Gasteiger partial charge in [-0.15, -0.1) is 0 Å². The van der Waals surface area contributed by atoms with E-state index in [2.05, 4.69) is 43.4 Å². The van der Waals surface area contributed by atoms with Gasteiger partial charge in [0.25, 0.3) is 0 Å². The predicted molar refractivity (Wildman–Crippen MR) is 88.9 cm³/mol. The van der Waals surface area contributed by atoms with Crippen LogP contribution in [0, 0.1) is 0 Å². The molecule has 0 aliphatic carbocycles. The monoisotopic (exact) mass is 301 g/mol. The zero-order valence-electron chi connectivity index (χ0n) is 12.4. The molecule has 2 aromatic carbocycles. The minimum absolute atomic E-state index is 0.00482. The van der Waals surface area contributed by atoms with Gasteiger partial charge >= 0.3 is 0 Å². The normalized spacial score (nSPS) is 10.7. The average Bonchev–Trinajstić information content (AvgIpc) is 2.45. The highest BCUT2D eigenvalue weighted by atomic mass is 35.5. The summed E-state index contributed by atoms with van der Waals surface area (Å²) in [6, 6.07) is 15.7. The summed E-state index contributed by atoms with van der Waals surface area (Å²) >= 11 is 5.89. The number of benzene rings is 2. The van der Waals surface area contributed by atoms with Gasteiger partial charge in [-0.05, 0) is 41.7 Å². The maximum absolute atomic E-state index is 11.9. The maximum Gasteiger partial charge on any atom is 0.224 e. The van der Waals surface area contributed by atoms with Crippen molar-refractivity contribution in [3.8, 4) is 0 Å². The molecule has 3 heteroatoms. The number of carbonyl (C=O) groups excluding carboxylic acids is 1. The molecular formula is C18H20ClNO. The summed E-state index contributed by atoms with van der Waals surface area (Å²) in [4.78, 5) is 11.9. The number of carbonyl (C=O) groups is 1. The van der Waals surface area contributed by atoms with Crippen LogP contribution in [0.3, 0.4) is 0 Å². The quantitative estimate of drug-likeness (QED) is 0.824. The van der Waals surface area contributed by atoms with Crippen molar-refractivity contribution in [1.82, 2.24) is 0 Å². The van der Waals surface area contributed by atoms with E-state index in [1.54, 1.807) is 12.1 Å². The van der Waals surface area contributed by atoms with Gasteiger partial charge in [-0.2, -0.15) is 0 Å². The molecule has 0 saturated heterocycles. The minimum atomic E-state index is 0.00482. The number of anilines is 1. The molecule has 0 aromatic heterocycles. The number of hydrogen-bond donors (Lipinski definition) is 1. The third kappa shape index (κ3) is 4.91. The first-order valence-electron chi connectivity index (χ1n) is 7.19. The lowest BCUT2D eigenvalue weighted by atomic mass is 10.0. The molecule has 2 rings (SSSR count). The molecule has 0 bridgehead atoms. The van der Waals surface area contributed by atoms with E-state index >= 15 is 0 Å². The number of amides is 1. The summed E-state index contributed by atoms with van der Waals surface area (Å²) in [5.74, 6) is 0.537. The molecule has 2 nitrogen and oxygen atoms in total. The predicted octanol–water partition coefficient (Wildman–Crippen LogP) is 5.03. The Hall–Kier alpha value is -1.80. The van der Waals surface area contributed by atoms with Crippen molar-refractivity contribution in [2.75, 3.05) is 5.32 Å². The number of aryl methyl sites for hydroxylation is 1. The van der Waals surface area contributed by atoms with E-state index in [0.29, 0.717) is 17.4 Å². The van der Waals surface area contributed by atoms with Gasteiger partial charge < -0.3 is 5.32 Å². The largest absolute Gasteiger partial charge is 0.326 e. The summed E-state index contributed by atoms with van der Waals surface area (Å²) in [6.45, 7) is 4.35. The standard InChI is InChI=1S/C18H20ClNO/c1-13(2)15-9-6-14(7-10-15)8-11-18(21)20-17-5-3-4-16(19)12-17/h3-7,9-10,12-13H,8,11H2,1-2H3,(H,20,21). The molecule has 1 N–H and O–H groups in total. The van der Waals surface area contributed by atoms with Crippen molar-refractivity contribution in [3.05, 3.63) is 64.7 Å². The zero-order chi connectivity index (χ0) is 15.2. The van der Waals surface area contributed by atoms with Gasteiger partial charge in [0, 0.05) is 17.1 Å². The van der Waals surface area contributed by atoms with E-state index in [-0.39, 0.29) is 5.91 Å². The molecule has 110 valence electrons. The van der Waals surface area contributed by atoms with Crippen LogP contribution in [0.2, 0.25) is 5.02 Å². The third-order valence-electron chi connectivity index (χ3n) is 3.40. The van der Waals surface area contributed by atoms with E-state index in [1.165, 1.54) is 11.1 Å². The number of nitrogens with one attached hydrogen (secondary N) is 1. The summed E-state index contributed by atoms with van der Waals surface area (Å²) in [5, 5.41) is 3.48. The fraction of sp³-hybridized carbons (Fsp3) is 0.278. The highest BCUT2D eigenvalue weighted by Gasteiger charge is 2.04. The maximum atomic E-state index is 11.9. The Balaban J connectivity index is 1.86. The molecule has 0 aliphatic rings. The van der Waals surface area contributed by atoms with Crippen LogP contribution in [0.5, 0.6) is 0 Å². The molecule has 0 atom stereocenters. The van der Waals surface area contributed by atoms with E-state index in [9.17, 15) is 4.79 Å². The topological polar surface area (TPSA) is 29.1 Å². The minimum Gasteiger partial charge on any atom is -0.326 e. The Bertz CT molecular complexity index is 605. The van der Waals surface area contributed by atoms with Crippen molar-refractivity contribution in [1.29, 1.82) is 0 Å². The fourth-order valence-corrected chi connectivity index (χ4v) is 2.31. The molecule has 1 amide bonds. The Morgan fingerprint density at radius 3 is 2.48 bits per heavy atom. The first kappa shape index (κ1) is 15.6. The van der Waals surface area contributed by atoms with Crippen LogP contribution >= 0.6 is 11.6 Å². The van der Waals surface area contributed by atoms with Crippen molar-refractivity contribution in [2.24, 2.45) is 0 Å². The van der Waals surface area contributed by atoms with Gasteiger partial charge in [0.2, 0.25) is 5.91 Å². The molecule has 2 aromatic rings. The molecule has 0 spiro atoms. The van der Waals surface area contributed by atoms with Gasteiger partial charge in [0.15, 0.2) is 0 Å². The van der Waals surface area contributed by atoms with E-state index in [0.717, 1.165) is 12.1 Å². The average molecular weight is 302 g/mol. The second-order valence-electron chi connectivity index (χ2n) is 5.45. The van der Waals surface area contributed by atoms with Crippen molar-refractivity contribution in [2.45, 2.75) is 32.6 Å². The molecule has 0 saturated carbocycles. The summed E-state index contributed by atoms with van der Waals surface area (Å²) in [7, 11) is 0. The van der Waals surface area contributed by atoms with Crippen molar-refractivity contribution < 1.29 is 4.79 Å². The lowest BCUT2D eigenvalue weighted by Crippen LogP contribution is -2.12. The van der Waals surface area contributed by atoms with Crippen molar-refractivity contribution in [3.63, 3.8) is 0 Å². The molecule has 0 unspecified atom stereocenters. The van der Waals surface area contributed by atoms with Crippen LogP contribution in [-0.4, -0.2) is 5.91 Å². The van der Waals surface area contributed by atoms with Crippen LogP contribution in [0.4, 0.5) is 5.69 Å². The molecule has 0 aliphatic heterocycles. The van der Waals surface area contributed by atoms with Gasteiger partial charge in [-0.3, -0.25) is 4.79 Å². The molecular weight excluding hydrogens is 282 g/mol. The van der Waals surface area contributed by atoms with Gasteiger partial charge in [-0.1, -0.05) is 55.8 Å². The van der Waals surface area contributed by atoms with E-state index < -0.39 is 0 Å². The fourth-order valence-electron chi connectivity index (χ4n) is 2.12. The van der Waals surface area contributed by atoms with Gasteiger partial charge in [0.05, 0.1) is 0 Å².